The number of aryl methyl sites for hydroxylation is 1. The molecule has 1 aliphatic heterocycles. The van der Waals surface area contributed by atoms with E-state index in [1.165, 1.54) is 38.6 Å². The Hall–Kier alpha value is -2.33. The van der Waals surface area contributed by atoms with E-state index in [0.717, 1.165) is 24.4 Å². The first-order chi connectivity index (χ1) is 13.1. The van der Waals surface area contributed by atoms with E-state index in [1.807, 2.05) is 0 Å². The lowest BCUT2D eigenvalue weighted by Crippen LogP contribution is -2.32. The minimum Gasteiger partial charge on any atom is -0.504 e. The average molecular weight is 367 g/mol. The molecule has 0 aromatic heterocycles. The molecular weight excluding hydrogens is 338 g/mol. The fourth-order valence-corrected chi connectivity index (χ4v) is 3.69. The second-order valence-corrected chi connectivity index (χ2v) is 7.55. The highest BCUT2D eigenvalue weighted by atomic mass is 16.5. The molecule has 1 heterocycles. The third-order valence-electron chi connectivity index (χ3n) is 5.45. The number of hydrogen-bond donors (Lipinski definition) is 1. The number of hydrogen-bond acceptors (Lipinski definition) is 4. The van der Waals surface area contributed by atoms with Gasteiger partial charge in [0.05, 0.1) is 7.11 Å². The van der Waals surface area contributed by atoms with Gasteiger partial charge in [0, 0.05) is 18.5 Å². The summed E-state index contributed by atoms with van der Waals surface area (Å²) in [5.74, 6) is 1.54. The molecule has 0 atom stereocenters. The van der Waals surface area contributed by atoms with Gasteiger partial charge in [0.1, 0.15) is 0 Å². The summed E-state index contributed by atoms with van der Waals surface area (Å²) in [7, 11) is 1.47. The van der Waals surface area contributed by atoms with Gasteiger partial charge in [-0.3, -0.25) is 9.69 Å². The molecule has 1 aliphatic carbocycles. The van der Waals surface area contributed by atoms with E-state index >= 15 is 0 Å². The molecule has 2 aromatic rings. The molecular formula is C23H29NO3. The lowest BCUT2D eigenvalue weighted by atomic mass is 9.99. The van der Waals surface area contributed by atoms with Crippen molar-refractivity contribution < 1.29 is 14.6 Å². The molecule has 0 unspecified atom stereocenters. The number of phenolic OH excluding ortho intramolecular Hbond substituents is 1. The van der Waals surface area contributed by atoms with Crippen molar-refractivity contribution >= 4 is 5.78 Å². The van der Waals surface area contributed by atoms with Crippen LogP contribution in [-0.4, -0.2) is 36.0 Å². The fraction of sp³-hybridized carbons (Fsp3) is 0.435. The number of likely N-dealkylation sites (tertiary alicyclic amines) is 1. The Labute approximate surface area is 161 Å². The van der Waals surface area contributed by atoms with Crippen molar-refractivity contribution in [2.24, 2.45) is 5.92 Å². The van der Waals surface area contributed by atoms with E-state index in [0.29, 0.717) is 17.7 Å². The molecule has 2 aliphatic rings. The molecule has 27 heavy (non-hydrogen) atoms. The molecule has 0 amide bonds. The molecule has 1 saturated heterocycles. The van der Waals surface area contributed by atoms with Crippen LogP contribution in [0.4, 0.5) is 0 Å². The van der Waals surface area contributed by atoms with Crippen molar-refractivity contribution in [1.82, 2.24) is 4.90 Å². The van der Waals surface area contributed by atoms with Crippen LogP contribution in [0.3, 0.4) is 0 Å². The molecule has 2 aromatic carbocycles. The third kappa shape index (κ3) is 5.10. The van der Waals surface area contributed by atoms with Crippen LogP contribution in [0.5, 0.6) is 11.5 Å². The Morgan fingerprint density at radius 2 is 1.81 bits per heavy atom. The highest BCUT2D eigenvalue weighted by Crippen LogP contribution is 2.33. The highest BCUT2D eigenvalue weighted by molar-refractivity contribution is 6.01. The molecule has 4 rings (SSSR count). The van der Waals surface area contributed by atoms with Crippen LogP contribution < -0.4 is 4.74 Å². The zero-order valence-corrected chi connectivity index (χ0v) is 16.3. The summed E-state index contributed by atoms with van der Waals surface area (Å²) in [6.07, 6.45) is 4.01. The zero-order chi connectivity index (χ0) is 19.2. The fourth-order valence-electron chi connectivity index (χ4n) is 3.69. The van der Waals surface area contributed by atoms with Crippen molar-refractivity contribution in [2.75, 3.05) is 20.2 Å². The first-order valence-corrected chi connectivity index (χ1v) is 9.76. The maximum absolute atomic E-state index is 11.3. The Bertz CT molecular complexity index is 765. The number of carbonyl (C=O) groups is 1. The van der Waals surface area contributed by atoms with Gasteiger partial charge in [0.25, 0.3) is 0 Å². The number of ketones is 1. The standard InChI is InChI=1S/C13H19N.C10H10O3/c1-12-7-9-14(10-8-12)11-13-5-3-2-4-6-13;1-13-10-5-7-6(4-9(10)12)2-3-8(7)11/h2-6,12H,7-11H2,1H3;4-5,12H,2-3H2,1H3. The van der Waals surface area contributed by atoms with Crippen LogP contribution in [-0.2, 0) is 13.0 Å². The first-order valence-electron chi connectivity index (χ1n) is 9.76. The highest BCUT2D eigenvalue weighted by Gasteiger charge is 2.21. The maximum atomic E-state index is 11.3. The number of methoxy groups -OCH3 is 1. The number of carbonyl (C=O) groups excluding carboxylic acids is 1. The molecule has 0 saturated carbocycles. The normalized spacial score (nSPS) is 17.2. The second-order valence-electron chi connectivity index (χ2n) is 7.55. The van der Waals surface area contributed by atoms with Crippen LogP contribution in [0.1, 0.15) is 47.7 Å². The van der Waals surface area contributed by atoms with Crippen LogP contribution in [0.2, 0.25) is 0 Å². The first kappa shape index (κ1) is 19.4. The number of piperidine rings is 1. The number of rotatable bonds is 3. The van der Waals surface area contributed by atoms with E-state index < -0.39 is 0 Å². The number of fused-ring (bicyclic) bond motifs is 1. The van der Waals surface area contributed by atoms with E-state index in [2.05, 4.69) is 42.2 Å². The Balaban J connectivity index is 0.000000156. The summed E-state index contributed by atoms with van der Waals surface area (Å²) in [6.45, 7) is 6.04. The molecule has 0 spiro atoms. The van der Waals surface area contributed by atoms with Crippen molar-refractivity contribution in [3.8, 4) is 11.5 Å². The Kier molecular flexibility index (Phi) is 6.51. The van der Waals surface area contributed by atoms with Gasteiger partial charge < -0.3 is 9.84 Å². The summed E-state index contributed by atoms with van der Waals surface area (Å²) >= 11 is 0. The number of nitrogens with zero attached hydrogens (tertiary/aromatic N) is 1. The monoisotopic (exact) mass is 367 g/mol. The minimum atomic E-state index is 0.107. The number of benzene rings is 2. The predicted molar refractivity (Wildman–Crippen MR) is 107 cm³/mol. The number of aromatic hydroxyl groups is 1. The maximum Gasteiger partial charge on any atom is 0.163 e. The van der Waals surface area contributed by atoms with Gasteiger partial charge in [-0.25, -0.2) is 0 Å². The summed E-state index contributed by atoms with van der Waals surface area (Å²) in [4.78, 5) is 13.9. The summed E-state index contributed by atoms with van der Waals surface area (Å²) in [5.41, 5.74) is 3.06. The largest absolute Gasteiger partial charge is 0.504 e. The lowest BCUT2D eigenvalue weighted by Gasteiger charge is -2.30. The summed E-state index contributed by atoms with van der Waals surface area (Å²) < 4.78 is 4.92. The van der Waals surface area contributed by atoms with Gasteiger partial charge in [-0.2, -0.15) is 0 Å². The number of phenols is 1. The van der Waals surface area contributed by atoms with Gasteiger partial charge >= 0.3 is 0 Å². The zero-order valence-electron chi connectivity index (χ0n) is 16.3. The van der Waals surface area contributed by atoms with E-state index in [1.54, 1.807) is 12.1 Å². The number of Topliss-reactive ketones (excluding diaryl/α,β-unsaturated/α-hetero) is 1. The summed E-state index contributed by atoms with van der Waals surface area (Å²) in [6, 6.07) is 14.0. The number of ether oxygens (including phenoxy) is 1. The van der Waals surface area contributed by atoms with Gasteiger partial charge in [-0.1, -0.05) is 37.3 Å². The topological polar surface area (TPSA) is 49.8 Å². The molecule has 144 valence electrons. The average Bonchev–Trinajstić information content (AvgIpc) is 3.04. The van der Waals surface area contributed by atoms with E-state index in [-0.39, 0.29) is 11.5 Å². The van der Waals surface area contributed by atoms with Crippen LogP contribution in [0.15, 0.2) is 42.5 Å². The molecule has 0 radical (unpaired) electrons. The van der Waals surface area contributed by atoms with E-state index in [9.17, 15) is 9.90 Å². The van der Waals surface area contributed by atoms with E-state index in [4.69, 9.17) is 4.74 Å². The van der Waals surface area contributed by atoms with Gasteiger partial charge in [0.15, 0.2) is 17.3 Å². The molecule has 1 N–H and O–H groups in total. The van der Waals surface area contributed by atoms with Crippen LogP contribution >= 0.6 is 0 Å². The SMILES string of the molecule is CC1CCN(Cc2ccccc2)CC1.COc1cc2c(cc1O)CCC2=O. The van der Waals surface area contributed by atoms with Crippen molar-refractivity contribution in [3.05, 3.63) is 59.2 Å². The van der Waals surface area contributed by atoms with Gasteiger partial charge in [-0.05, 0) is 61.5 Å². The lowest BCUT2D eigenvalue weighted by molar-refractivity contribution is 0.0994. The quantitative estimate of drug-likeness (QED) is 0.871. The van der Waals surface area contributed by atoms with Crippen molar-refractivity contribution in [1.29, 1.82) is 0 Å². The Morgan fingerprint density at radius 3 is 2.48 bits per heavy atom. The molecule has 4 heteroatoms. The summed E-state index contributed by atoms with van der Waals surface area (Å²) in [5, 5.41) is 9.42. The second kappa shape index (κ2) is 9.05. The Morgan fingerprint density at radius 1 is 1.11 bits per heavy atom. The van der Waals surface area contributed by atoms with Crippen LogP contribution in [0.25, 0.3) is 0 Å². The van der Waals surface area contributed by atoms with Crippen molar-refractivity contribution in [2.45, 2.75) is 39.2 Å². The molecule has 0 bridgehead atoms. The van der Waals surface area contributed by atoms with Crippen LogP contribution in [0, 0.1) is 5.92 Å². The molecule has 1 fully saturated rings. The van der Waals surface area contributed by atoms with Crippen molar-refractivity contribution in [3.63, 3.8) is 0 Å². The third-order valence-corrected chi connectivity index (χ3v) is 5.45. The minimum absolute atomic E-state index is 0.107. The molecule has 4 nitrogen and oxygen atoms in total. The van der Waals surface area contributed by atoms with Gasteiger partial charge in [0.2, 0.25) is 0 Å². The smallest absolute Gasteiger partial charge is 0.163 e. The predicted octanol–water partition coefficient (Wildman–Crippen LogP) is 4.45. The van der Waals surface area contributed by atoms with Gasteiger partial charge in [-0.15, -0.1) is 0 Å².